The molecule has 0 bridgehead atoms. The molecule has 0 aromatic heterocycles. The fraction of sp³-hybridized carbons (Fsp3) is 1.00. The molecule has 0 rings (SSSR count). The molecule has 0 heterocycles. The molecule has 0 aromatic rings. The van der Waals surface area contributed by atoms with Crippen molar-refractivity contribution in [3.05, 3.63) is 0 Å². The van der Waals surface area contributed by atoms with Crippen LogP contribution in [0.15, 0.2) is 0 Å². The van der Waals surface area contributed by atoms with Crippen LogP contribution < -0.4 is 0 Å². The first-order chi connectivity index (χ1) is 4.31. The van der Waals surface area contributed by atoms with Crippen molar-refractivity contribution in [1.29, 1.82) is 0 Å². The van der Waals surface area contributed by atoms with Gasteiger partial charge in [-0.2, -0.15) is 0 Å². The molecule has 0 radical (unpaired) electrons. The van der Waals surface area contributed by atoms with E-state index in [0.717, 1.165) is 0 Å². The van der Waals surface area contributed by atoms with Crippen molar-refractivity contribution in [2.24, 2.45) is 0 Å². The van der Waals surface area contributed by atoms with Crippen molar-refractivity contribution in [3.63, 3.8) is 0 Å². The Hall–Kier alpha value is -0.0800. The second kappa shape index (κ2) is 2.89. The zero-order valence-electron chi connectivity index (χ0n) is 7.56. The summed E-state index contributed by atoms with van der Waals surface area (Å²) in [6, 6.07) is 0. The fourth-order valence-electron chi connectivity index (χ4n) is 0.537. The van der Waals surface area contributed by atoms with Crippen molar-refractivity contribution in [2.75, 3.05) is 6.61 Å². The molecular weight excluding hydrogens is 128 g/mol. The molecule has 2 heteroatoms. The van der Waals surface area contributed by atoms with E-state index in [-0.39, 0.29) is 0 Å². The van der Waals surface area contributed by atoms with Crippen molar-refractivity contribution in [1.82, 2.24) is 0 Å². The third-order valence-corrected chi connectivity index (χ3v) is 1.98. The Morgan fingerprint density at radius 1 is 1.20 bits per heavy atom. The maximum absolute atomic E-state index is 9.55. The number of aliphatic hydroxyl groups is 1. The zero-order chi connectivity index (χ0) is 8.41. The number of hydrogen-bond acceptors (Lipinski definition) is 2. The van der Waals surface area contributed by atoms with E-state index in [4.69, 9.17) is 4.74 Å². The second-order valence-electron chi connectivity index (χ2n) is 3.50. The smallest absolute Gasteiger partial charge is 0.0906 e. The third kappa shape index (κ3) is 2.27. The molecule has 62 valence electrons. The summed E-state index contributed by atoms with van der Waals surface area (Å²) in [5.74, 6) is 0. The number of rotatable bonds is 3. The summed E-state index contributed by atoms with van der Waals surface area (Å²) in [4.78, 5) is 0. The number of ether oxygens (including phenoxy) is 1. The van der Waals surface area contributed by atoms with Crippen LogP contribution in [0.3, 0.4) is 0 Å². The fourth-order valence-corrected chi connectivity index (χ4v) is 0.537. The van der Waals surface area contributed by atoms with Crippen LogP contribution in [-0.4, -0.2) is 22.9 Å². The lowest BCUT2D eigenvalue weighted by Gasteiger charge is -2.36. The van der Waals surface area contributed by atoms with Gasteiger partial charge in [-0.25, -0.2) is 0 Å². The quantitative estimate of drug-likeness (QED) is 0.655. The van der Waals surface area contributed by atoms with E-state index in [9.17, 15) is 5.11 Å². The van der Waals surface area contributed by atoms with Gasteiger partial charge in [-0.15, -0.1) is 0 Å². The van der Waals surface area contributed by atoms with Crippen LogP contribution in [0, 0.1) is 0 Å². The maximum Gasteiger partial charge on any atom is 0.0906 e. The minimum Gasteiger partial charge on any atom is -0.387 e. The van der Waals surface area contributed by atoms with Crippen LogP contribution in [0.1, 0.15) is 34.6 Å². The topological polar surface area (TPSA) is 29.5 Å². The molecule has 0 saturated heterocycles. The van der Waals surface area contributed by atoms with Gasteiger partial charge in [0.1, 0.15) is 0 Å². The van der Waals surface area contributed by atoms with Crippen LogP contribution in [0.25, 0.3) is 0 Å². The highest BCUT2D eigenvalue weighted by Gasteiger charge is 2.35. The van der Waals surface area contributed by atoms with Gasteiger partial charge < -0.3 is 9.84 Å². The normalized spacial score (nSPS) is 13.8. The molecule has 0 spiro atoms. The summed E-state index contributed by atoms with van der Waals surface area (Å²) in [5, 5.41) is 9.55. The Morgan fingerprint density at radius 3 is 1.70 bits per heavy atom. The van der Waals surface area contributed by atoms with Gasteiger partial charge in [0.2, 0.25) is 0 Å². The molecular formula is C8H18O2. The first-order valence-corrected chi connectivity index (χ1v) is 3.67. The van der Waals surface area contributed by atoms with E-state index < -0.39 is 11.2 Å². The third-order valence-electron chi connectivity index (χ3n) is 1.98. The van der Waals surface area contributed by atoms with Crippen LogP contribution >= 0.6 is 0 Å². The Balaban J connectivity index is 4.10. The molecule has 0 aliphatic carbocycles. The minimum atomic E-state index is -0.775. The molecule has 0 aliphatic rings. The van der Waals surface area contributed by atoms with Crippen LogP contribution in [0.2, 0.25) is 0 Å². The van der Waals surface area contributed by atoms with Crippen molar-refractivity contribution in [2.45, 2.75) is 45.8 Å². The van der Waals surface area contributed by atoms with Gasteiger partial charge >= 0.3 is 0 Å². The Bertz CT molecular complexity index is 100. The molecule has 1 N–H and O–H groups in total. The minimum absolute atomic E-state index is 0.457. The summed E-state index contributed by atoms with van der Waals surface area (Å²) >= 11 is 0. The monoisotopic (exact) mass is 146 g/mol. The second-order valence-corrected chi connectivity index (χ2v) is 3.50. The molecule has 0 atom stereocenters. The molecule has 10 heavy (non-hydrogen) atoms. The van der Waals surface area contributed by atoms with Crippen LogP contribution in [0.4, 0.5) is 0 Å². The summed E-state index contributed by atoms with van der Waals surface area (Å²) in [6.45, 7) is 9.84. The highest BCUT2D eigenvalue weighted by atomic mass is 16.5. The van der Waals surface area contributed by atoms with E-state index in [1.807, 2.05) is 20.8 Å². The standard InChI is InChI=1S/C8H18O2/c1-6-10-8(4,5)7(2,3)9/h9H,6H2,1-5H3. The lowest BCUT2D eigenvalue weighted by molar-refractivity contribution is -0.144. The van der Waals surface area contributed by atoms with Gasteiger partial charge in [0.25, 0.3) is 0 Å². The first-order valence-electron chi connectivity index (χ1n) is 3.67. The van der Waals surface area contributed by atoms with E-state index in [1.165, 1.54) is 0 Å². The SMILES string of the molecule is CCOC(C)(C)C(C)(C)O. The highest BCUT2D eigenvalue weighted by molar-refractivity contribution is 4.86. The molecule has 0 saturated carbocycles. The summed E-state index contributed by atoms with van der Waals surface area (Å²) in [7, 11) is 0. The summed E-state index contributed by atoms with van der Waals surface area (Å²) in [5.41, 5.74) is -1.23. The van der Waals surface area contributed by atoms with E-state index in [0.29, 0.717) is 6.61 Å². The molecule has 0 aliphatic heterocycles. The molecule has 0 aromatic carbocycles. The lowest BCUT2D eigenvalue weighted by Crippen LogP contribution is -2.47. The summed E-state index contributed by atoms with van der Waals surface area (Å²) in [6.07, 6.45) is 0. The van der Waals surface area contributed by atoms with Gasteiger partial charge in [0.15, 0.2) is 0 Å². The van der Waals surface area contributed by atoms with Crippen LogP contribution in [-0.2, 0) is 4.74 Å². The largest absolute Gasteiger partial charge is 0.387 e. The van der Waals surface area contributed by atoms with E-state index in [2.05, 4.69) is 0 Å². The summed E-state index contributed by atoms with van der Waals surface area (Å²) < 4.78 is 5.34. The molecule has 0 amide bonds. The predicted molar refractivity (Wildman–Crippen MR) is 42.0 cm³/mol. The van der Waals surface area contributed by atoms with Gasteiger partial charge in [-0.3, -0.25) is 0 Å². The molecule has 2 nitrogen and oxygen atoms in total. The highest BCUT2D eigenvalue weighted by Crippen LogP contribution is 2.24. The first kappa shape index (κ1) is 9.92. The van der Waals surface area contributed by atoms with Crippen molar-refractivity contribution in [3.8, 4) is 0 Å². The Kier molecular flexibility index (Phi) is 2.86. The van der Waals surface area contributed by atoms with E-state index >= 15 is 0 Å². The Labute approximate surface area is 63.2 Å². The zero-order valence-corrected chi connectivity index (χ0v) is 7.56. The maximum atomic E-state index is 9.55. The predicted octanol–water partition coefficient (Wildman–Crippen LogP) is 1.57. The van der Waals surface area contributed by atoms with Gasteiger partial charge in [-0.05, 0) is 34.6 Å². The van der Waals surface area contributed by atoms with E-state index in [1.54, 1.807) is 13.8 Å². The van der Waals surface area contributed by atoms with Crippen molar-refractivity contribution < 1.29 is 9.84 Å². The van der Waals surface area contributed by atoms with Gasteiger partial charge in [0.05, 0.1) is 11.2 Å². The van der Waals surface area contributed by atoms with Gasteiger partial charge in [0, 0.05) is 6.61 Å². The van der Waals surface area contributed by atoms with Crippen molar-refractivity contribution >= 4 is 0 Å². The molecule has 0 fully saturated rings. The van der Waals surface area contributed by atoms with Crippen LogP contribution in [0.5, 0.6) is 0 Å². The average Bonchev–Trinajstić information content (AvgIpc) is 1.61. The lowest BCUT2D eigenvalue weighted by atomic mass is 9.89. The molecule has 0 unspecified atom stereocenters. The van der Waals surface area contributed by atoms with Gasteiger partial charge in [-0.1, -0.05) is 0 Å². The average molecular weight is 146 g/mol. The Morgan fingerprint density at radius 2 is 1.60 bits per heavy atom. The number of hydrogen-bond donors (Lipinski definition) is 1.